The molecule has 4 heteroatoms. The molecule has 1 atom stereocenters. The van der Waals surface area contributed by atoms with Crippen molar-refractivity contribution >= 4 is 0 Å². The normalized spacial score (nSPS) is 12.5. The SMILES string of the molecule is COc1ccc(F)cc1C(N)c1coc(C)c1. The van der Waals surface area contributed by atoms with Crippen LogP contribution in [0.2, 0.25) is 0 Å². The third kappa shape index (κ3) is 2.31. The molecule has 0 amide bonds. The first-order chi connectivity index (χ1) is 8.11. The average molecular weight is 235 g/mol. The summed E-state index contributed by atoms with van der Waals surface area (Å²) in [6.07, 6.45) is 1.57. The summed E-state index contributed by atoms with van der Waals surface area (Å²) in [6.45, 7) is 1.83. The Morgan fingerprint density at radius 1 is 1.35 bits per heavy atom. The van der Waals surface area contributed by atoms with Crippen molar-refractivity contribution < 1.29 is 13.5 Å². The molecular formula is C13H14FNO2. The van der Waals surface area contributed by atoms with Crippen LogP contribution in [0.4, 0.5) is 4.39 Å². The van der Waals surface area contributed by atoms with E-state index in [0.717, 1.165) is 11.3 Å². The molecule has 3 nitrogen and oxygen atoms in total. The van der Waals surface area contributed by atoms with Gasteiger partial charge in [0.2, 0.25) is 0 Å². The van der Waals surface area contributed by atoms with Crippen molar-refractivity contribution in [1.29, 1.82) is 0 Å². The summed E-state index contributed by atoms with van der Waals surface area (Å²) in [5, 5.41) is 0. The molecule has 0 saturated carbocycles. The number of hydrogen-bond acceptors (Lipinski definition) is 3. The zero-order valence-corrected chi connectivity index (χ0v) is 9.74. The second kappa shape index (κ2) is 4.59. The number of aryl methyl sites for hydroxylation is 1. The number of halogens is 1. The fourth-order valence-corrected chi connectivity index (χ4v) is 1.75. The van der Waals surface area contributed by atoms with E-state index >= 15 is 0 Å². The maximum Gasteiger partial charge on any atom is 0.124 e. The Morgan fingerprint density at radius 2 is 2.12 bits per heavy atom. The van der Waals surface area contributed by atoms with Gasteiger partial charge in [0.05, 0.1) is 19.4 Å². The lowest BCUT2D eigenvalue weighted by molar-refractivity contribution is 0.406. The summed E-state index contributed by atoms with van der Waals surface area (Å²) in [5.41, 5.74) is 7.47. The number of methoxy groups -OCH3 is 1. The van der Waals surface area contributed by atoms with Crippen molar-refractivity contribution in [1.82, 2.24) is 0 Å². The third-order valence-corrected chi connectivity index (χ3v) is 2.64. The zero-order valence-electron chi connectivity index (χ0n) is 9.74. The van der Waals surface area contributed by atoms with Gasteiger partial charge in [-0.15, -0.1) is 0 Å². The highest BCUT2D eigenvalue weighted by atomic mass is 19.1. The second-order valence-electron chi connectivity index (χ2n) is 3.85. The van der Waals surface area contributed by atoms with E-state index in [1.165, 1.54) is 19.2 Å². The van der Waals surface area contributed by atoms with Crippen LogP contribution in [0.25, 0.3) is 0 Å². The molecule has 0 aliphatic carbocycles. The molecule has 2 aromatic rings. The topological polar surface area (TPSA) is 48.4 Å². The van der Waals surface area contributed by atoms with Gasteiger partial charge in [-0.3, -0.25) is 0 Å². The molecule has 2 rings (SSSR count). The summed E-state index contributed by atoms with van der Waals surface area (Å²) < 4.78 is 23.6. The molecule has 1 aromatic heterocycles. The van der Waals surface area contributed by atoms with Crippen LogP contribution in [-0.4, -0.2) is 7.11 Å². The molecular weight excluding hydrogens is 221 g/mol. The highest BCUT2D eigenvalue weighted by molar-refractivity contribution is 5.41. The number of hydrogen-bond donors (Lipinski definition) is 1. The number of benzene rings is 1. The summed E-state index contributed by atoms with van der Waals surface area (Å²) in [6, 6.07) is 5.66. The maximum atomic E-state index is 13.2. The molecule has 0 aliphatic rings. The van der Waals surface area contributed by atoms with E-state index in [9.17, 15) is 4.39 Å². The van der Waals surface area contributed by atoms with Gasteiger partial charge < -0.3 is 14.9 Å². The highest BCUT2D eigenvalue weighted by Crippen LogP contribution is 2.29. The highest BCUT2D eigenvalue weighted by Gasteiger charge is 2.16. The molecule has 1 unspecified atom stereocenters. The lowest BCUT2D eigenvalue weighted by atomic mass is 10.0. The minimum Gasteiger partial charge on any atom is -0.496 e. The predicted molar refractivity (Wildman–Crippen MR) is 62.4 cm³/mol. The van der Waals surface area contributed by atoms with Crippen LogP contribution in [0.5, 0.6) is 5.75 Å². The summed E-state index contributed by atoms with van der Waals surface area (Å²) in [4.78, 5) is 0. The third-order valence-electron chi connectivity index (χ3n) is 2.64. The molecule has 0 saturated heterocycles. The van der Waals surface area contributed by atoms with E-state index in [1.54, 1.807) is 12.3 Å². The Balaban J connectivity index is 2.42. The number of rotatable bonds is 3. The van der Waals surface area contributed by atoms with Crippen LogP contribution in [0.1, 0.15) is 22.9 Å². The molecule has 0 fully saturated rings. The molecule has 90 valence electrons. The molecule has 17 heavy (non-hydrogen) atoms. The van der Waals surface area contributed by atoms with E-state index in [4.69, 9.17) is 14.9 Å². The van der Waals surface area contributed by atoms with Gasteiger partial charge in [0.15, 0.2) is 0 Å². The molecule has 1 heterocycles. The Morgan fingerprint density at radius 3 is 2.71 bits per heavy atom. The quantitative estimate of drug-likeness (QED) is 0.889. The number of nitrogens with two attached hydrogens (primary N) is 1. The van der Waals surface area contributed by atoms with Crippen molar-refractivity contribution in [3.63, 3.8) is 0 Å². The van der Waals surface area contributed by atoms with Gasteiger partial charge in [-0.25, -0.2) is 4.39 Å². The van der Waals surface area contributed by atoms with Gasteiger partial charge >= 0.3 is 0 Å². The molecule has 0 spiro atoms. The Labute approximate surface area is 99.0 Å². The summed E-state index contributed by atoms with van der Waals surface area (Å²) in [7, 11) is 1.53. The van der Waals surface area contributed by atoms with Gasteiger partial charge in [-0.1, -0.05) is 0 Å². The van der Waals surface area contributed by atoms with E-state index < -0.39 is 6.04 Å². The van der Waals surface area contributed by atoms with E-state index in [-0.39, 0.29) is 5.82 Å². The van der Waals surface area contributed by atoms with E-state index in [1.807, 2.05) is 13.0 Å². The summed E-state index contributed by atoms with van der Waals surface area (Å²) in [5.74, 6) is 1.00. The maximum absolute atomic E-state index is 13.2. The molecule has 0 bridgehead atoms. The van der Waals surface area contributed by atoms with Crippen LogP contribution < -0.4 is 10.5 Å². The van der Waals surface area contributed by atoms with Crippen LogP contribution in [0, 0.1) is 12.7 Å². The lowest BCUT2D eigenvalue weighted by Gasteiger charge is -2.14. The zero-order chi connectivity index (χ0) is 12.4. The largest absolute Gasteiger partial charge is 0.496 e. The Kier molecular flexibility index (Phi) is 3.15. The van der Waals surface area contributed by atoms with Crippen molar-refractivity contribution in [3.8, 4) is 5.75 Å². The lowest BCUT2D eigenvalue weighted by Crippen LogP contribution is -2.12. The van der Waals surface area contributed by atoms with Crippen molar-refractivity contribution in [3.05, 3.63) is 53.2 Å². The first kappa shape index (κ1) is 11.7. The van der Waals surface area contributed by atoms with Crippen molar-refractivity contribution in [2.45, 2.75) is 13.0 Å². The van der Waals surface area contributed by atoms with E-state index in [2.05, 4.69) is 0 Å². The first-order valence-electron chi connectivity index (χ1n) is 5.26. The van der Waals surface area contributed by atoms with Gasteiger partial charge in [0.1, 0.15) is 17.3 Å². The molecule has 0 aliphatic heterocycles. The standard InChI is InChI=1S/C13H14FNO2/c1-8-5-9(7-17-8)13(15)11-6-10(14)3-4-12(11)16-2/h3-7,13H,15H2,1-2H3. The first-order valence-corrected chi connectivity index (χ1v) is 5.26. The number of ether oxygens (including phenoxy) is 1. The predicted octanol–water partition coefficient (Wildman–Crippen LogP) is 2.78. The monoisotopic (exact) mass is 235 g/mol. The molecule has 2 N–H and O–H groups in total. The molecule has 1 aromatic carbocycles. The smallest absolute Gasteiger partial charge is 0.124 e. The Bertz CT molecular complexity index is 522. The van der Waals surface area contributed by atoms with Crippen LogP contribution in [0.3, 0.4) is 0 Å². The molecule has 0 radical (unpaired) electrons. The summed E-state index contributed by atoms with van der Waals surface area (Å²) >= 11 is 0. The second-order valence-corrected chi connectivity index (χ2v) is 3.85. The van der Waals surface area contributed by atoms with Crippen molar-refractivity contribution in [2.75, 3.05) is 7.11 Å². The number of furan rings is 1. The van der Waals surface area contributed by atoms with Crippen LogP contribution >= 0.6 is 0 Å². The Hall–Kier alpha value is -1.81. The van der Waals surface area contributed by atoms with Gasteiger partial charge in [0.25, 0.3) is 0 Å². The van der Waals surface area contributed by atoms with Crippen LogP contribution in [-0.2, 0) is 0 Å². The van der Waals surface area contributed by atoms with E-state index in [0.29, 0.717) is 11.3 Å². The fourth-order valence-electron chi connectivity index (χ4n) is 1.75. The van der Waals surface area contributed by atoms with Gasteiger partial charge in [-0.2, -0.15) is 0 Å². The van der Waals surface area contributed by atoms with Gasteiger partial charge in [-0.05, 0) is 31.2 Å². The van der Waals surface area contributed by atoms with Crippen molar-refractivity contribution in [2.24, 2.45) is 5.73 Å². The minimum absolute atomic E-state index is 0.337. The van der Waals surface area contributed by atoms with Crippen LogP contribution in [0.15, 0.2) is 34.9 Å². The van der Waals surface area contributed by atoms with Gasteiger partial charge in [0, 0.05) is 11.1 Å². The minimum atomic E-state index is -0.460. The average Bonchev–Trinajstić information content (AvgIpc) is 2.75. The fraction of sp³-hybridized carbons (Fsp3) is 0.231.